The molecule has 1 aliphatic rings. The minimum absolute atomic E-state index is 0.382. The summed E-state index contributed by atoms with van der Waals surface area (Å²) >= 11 is 1.72. The molecule has 1 saturated heterocycles. The largest absolute Gasteiger partial charge is 0.381 e. The highest BCUT2D eigenvalue weighted by atomic mass is 32.1. The minimum atomic E-state index is 0.382. The number of hydrogen-bond acceptors (Lipinski definition) is 4. The molecule has 2 atom stereocenters. The molecule has 0 aromatic carbocycles. The average molecular weight is 226 g/mol. The molecule has 0 aliphatic carbocycles. The van der Waals surface area contributed by atoms with E-state index in [2.05, 4.69) is 17.2 Å². The number of hydrogen-bond donors (Lipinski definition) is 1. The number of ether oxygens (including phenoxy) is 1. The Morgan fingerprint density at radius 1 is 1.73 bits per heavy atom. The van der Waals surface area contributed by atoms with Gasteiger partial charge in [0.15, 0.2) is 0 Å². The lowest BCUT2D eigenvalue weighted by Crippen LogP contribution is -2.21. The van der Waals surface area contributed by atoms with Crippen LogP contribution in [0.3, 0.4) is 0 Å². The fourth-order valence-electron chi connectivity index (χ4n) is 1.85. The van der Waals surface area contributed by atoms with Crippen LogP contribution in [0.15, 0.2) is 11.6 Å². The Morgan fingerprint density at radius 2 is 2.67 bits per heavy atom. The van der Waals surface area contributed by atoms with Crippen LogP contribution < -0.4 is 5.32 Å². The fraction of sp³-hybridized carbons (Fsp3) is 0.727. The van der Waals surface area contributed by atoms with Crippen LogP contribution in [0.5, 0.6) is 0 Å². The van der Waals surface area contributed by atoms with Gasteiger partial charge in [-0.05, 0) is 32.2 Å². The molecular weight excluding hydrogens is 208 g/mol. The van der Waals surface area contributed by atoms with E-state index in [4.69, 9.17) is 4.74 Å². The number of thiazole rings is 1. The monoisotopic (exact) mass is 226 g/mol. The molecule has 0 radical (unpaired) electrons. The fourth-order valence-corrected chi connectivity index (χ4v) is 2.52. The summed E-state index contributed by atoms with van der Waals surface area (Å²) in [5.74, 6) is 0.765. The Balaban J connectivity index is 1.65. The van der Waals surface area contributed by atoms with Crippen LogP contribution >= 0.6 is 11.3 Å². The van der Waals surface area contributed by atoms with E-state index in [0.29, 0.717) is 6.04 Å². The van der Waals surface area contributed by atoms with E-state index >= 15 is 0 Å². The molecule has 2 heterocycles. The normalized spacial score (nSPS) is 23.1. The Hall–Kier alpha value is -0.450. The summed E-state index contributed by atoms with van der Waals surface area (Å²) in [7, 11) is 0. The van der Waals surface area contributed by atoms with Gasteiger partial charge in [-0.25, -0.2) is 4.98 Å². The molecule has 1 aromatic heterocycles. The maximum Gasteiger partial charge on any atom is 0.109 e. The first kappa shape index (κ1) is 11.0. The molecular formula is C11H18N2OS. The van der Waals surface area contributed by atoms with Gasteiger partial charge < -0.3 is 10.1 Å². The number of nitrogens with zero attached hydrogens (tertiary/aromatic N) is 1. The zero-order valence-electron chi connectivity index (χ0n) is 9.11. The van der Waals surface area contributed by atoms with Crippen LogP contribution in [0.2, 0.25) is 0 Å². The van der Waals surface area contributed by atoms with Crippen LogP contribution in [-0.2, 0) is 4.74 Å². The van der Waals surface area contributed by atoms with E-state index in [0.717, 1.165) is 25.7 Å². The van der Waals surface area contributed by atoms with Crippen molar-refractivity contribution in [1.82, 2.24) is 10.3 Å². The Labute approximate surface area is 94.9 Å². The highest BCUT2D eigenvalue weighted by molar-refractivity contribution is 7.09. The van der Waals surface area contributed by atoms with Crippen molar-refractivity contribution in [3.05, 3.63) is 16.6 Å². The van der Waals surface area contributed by atoms with Crippen LogP contribution in [0.4, 0.5) is 0 Å². The average Bonchev–Trinajstić information content (AvgIpc) is 2.90. The van der Waals surface area contributed by atoms with Crippen molar-refractivity contribution in [2.45, 2.75) is 25.8 Å². The summed E-state index contributed by atoms with van der Waals surface area (Å²) < 4.78 is 5.35. The molecule has 1 aromatic rings. The molecule has 15 heavy (non-hydrogen) atoms. The molecule has 1 N–H and O–H groups in total. The van der Waals surface area contributed by atoms with Gasteiger partial charge in [0.2, 0.25) is 0 Å². The van der Waals surface area contributed by atoms with E-state index in [1.165, 1.54) is 17.8 Å². The Morgan fingerprint density at radius 3 is 3.33 bits per heavy atom. The first-order valence-electron chi connectivity index (χ1n) is 5.57. The standard InChI is InChI=1S/C11H18N2OS/c1-9(11-13-5-7-15-11)12-4-2-10-3-6-14-8-10/h5,7,9-10,12H,2-4,6,8H2,1H3. The molecule has 3 nitrogen and oxygen atoms in total. The zero-order chi connectivity index (χ0) is 10.5. The lowest BCUT2D eigenvalue weighted by molar-refractivity contribution is 0.184. The molecule has 2 rings (SSSR count). The highest BCUT2D eigenvalue weighted by Crippen LogP contribution is 2.17. The van der Waals surface area contributed by atoms with Gasteiger partial charge in [-0.15, -0.1) is 11.3 Å². The van der Waals surface area contributed by atoms with Gasteiger partial charge in [0.1, 0.15) is 5.01 Å². The minimum Gasteiger partial charge on any atom is -0.381 e. The molecule has 0 amide bonds. The lowest BCUT2D eigenvalue weighted by Gasteiger charge is -2.12. The number of rotatable bonds is 5. The van der Waals surface area contributed by atoms with Crippen molar-refractivity contribution >= 4 is 11.3 Å². The van der Waals surface area contributed by atoms with E-state index in [1.54, 1.807) is 11.3 Å². The van der Waals surface area contributed by atoms with Gasteiger partial charge in [0.05, 0.1) is 6.04 Å². The molecule has 1 aliphatic heterocycles. The van der Waals surface area contributed by atoms with Crippen molar-refractivity contribution in [3.8, 4) is 0 Å². The van der Waals surface area contributed by atoms with Crippen LogP contribution in [0.25, 0.3) is 0 Å². The third kappa shape index (κ3) is 3.26. The summed E-state index contributed by atoms with van der Waals surface area (Å²) in [4.78, 5) is 4.30. The summed E-state index contributed by atoms with van der Waals surface area (Å²) in [6.45, 7) is 5.14. The first-order chi connectivity index (χ1) is 7.36. The molecule has 0 spiro atoms. The van der Waals surface area contributed by atoms with Crippen molar-refractivity contribution in [2.75, 3.05) is 19.8 Å². The molecule has 84 valence electrons. The predicted octanol–water partition coefficient (Wildman–Crippen LogP) is 2.22. The van der Waals surface area contributed by atoms with Gasteiger partial charge in [0.25, 0.3) is 0 Å². The molecule has 2 unspecified atom stereocenters. The van der Waals surface area contributed by atoms with Gasteiger partial charge >= 0.3 is 0 Å². The lowest BCUT2D eigenvalue weighted by atomic mass is 10.1. The summed E-state index contributed by atoms with van der Waals surface area (Å²) in [6.07, 6.45) is 4.31. The first-order valence-corrected chi connectivity index (χ1v) is 6.44. The van der Waals surface area contributed by atoms with E-state index in [-0.39, 0.29) is 0 Å². The SMILES string of the molecule is CC(NCCC1CCOC1)c1nccs1. The molecule has 1 fully saturated rings. The summed E-state index contributed by atoms with van der Waals surface area (Å²) in [6, 6.07) is 0.382. The smallest absolute Gasteiger partial charge is 0.109 e. The number of nitrogens with one attached hydrogen (secondary N) is 1. The van der Waals surface area contributed by atoms with E-state index < -0.39 is 0 Å². The van der Waals surface area contributed by atoms with Gasteiger partial charge in [-0.2, -0.15) is 0 Å². The van der Waals surface area contributed by atoms with Crippen LogP contribution in [0, 0.1) is 5.92 Å². The van der Waals surface area contributed by atoms with Crippen molar-refractivity contribution in [2.24, 2.45) is 5.92 Å². The Bertz CT molecular complexity index is 270. The van der Waals surface area contributed by atoms with Gasteiger partial charge in [-0.3, -0.25) is 0 Å². The maximum atomic E-state index is 5.35. The second-order valence-electron chi connectivity index (χ2n) is 4.06. The zero-order valence-corrected chi connectivity index (χ0v) is 9.93. The van der Waals surface area contributed by atoms with E-state index in [9.17, 15) is 0 Å². The van der Waals surface area contributed by atoms with Gasteiger partial charge in [-0.1, -0.05) is 0 Å². The predicted molar refractivity (Wildman–Crippen MR) is 62.1 cm³/mol. The maximum absolute atomic E-state index is 5.35. The second kappa shape index (κ2) is 5.58. The van der Waals surface area contributed by atoms with Crippen molar-refractivity contribution in [1.29, 1.82) is 0 Å². The quantitative estimate of drug-likeness (QED) is 0.836. The summed E-state index contributed by atoms with van der Waals surface area (Å²) in [5, 5.41) is 6.71. The van der Waals surface area contributed by atoms with Crippen molar-refractivity contribution < 1.29 is 4.74 Å². The van der Waals surface area contributed by atoms with Crippen LogP contribution in [-0.4, -0.2) is 24.7 Å². The molecule has 0 saturated carbocycles. The third-order valence-electron chi connectivity index (χ3n) is 2.85. The van der Waals surface area contributed by atoms with Crippen molar-refractivity contribution in [3.63, 3.8) is 0 Å². The molecule has 4 heteroatoms. The Kier molecular flexibility index (Phi) is 4.11. The second-order valence-corrected chi connectivity index (χ2v) is 4.99. The highest BCUT2D eigenvalue weighted by Gasteiger charge is 2.15. The van der Waals surface area contributed by atoms with Crippen LogP contribution in [0.1, 0.15) is 30.8 Å². The summed E-state index contributed by atoms with van der Waals surface area (Å²) in [5.41, 5.74) is 0. The topological polar surface area (TPSA) is 34.1 Å². The van der Waals surface area contributed by atoms with E-state index in [1.807, 2.05) is 11.6 Å². The third-order valence-corrected chi connectivity index (χ3v) is 3.81. The number of aromatic nitrogens is 1. The van der Waals surface area contributed by atoms with Gasteiger partial charge in [0, 0.05) is 24.8 Å². The molecule has 0 bridgehead atoms.